The van der Waals surface area contributed by atoms with Crippen LogP contribution in [0.15, 0.2) is 24.3 Å². The minimum Gasteiger partial charge on any atom is -0.492 e. The van der Waals surface area contributed by atoms with E-state index in [4.69, 9.17) is 4.74 Å². The number of anilines is 1. The van der Waals surface area contributed by atoms with E-state index in [0.29, 0.717) is 6.04 Å². The van der Waals surface area contributed by atoms with E-state index in [0.717, 1.165) is 30.1 Å². The lowest BCUT2D eigenvalue weighted by Crippen LogP contribution is -2.44. The molecule has 0 aromatic heterocycles. The molecule has 2 atom stereocenters. The second kappa shape index (κ2) is 5.41. The third kappa shape index (κ3) is 2.57. The van der Waals surface area contributed by atoms with Crippen LogP contribution in [0.1, 0.15) is 32.6 Å². The predicted octanol–water partition coefficient (Wildman–Crippen LogP) is 3.12. The van der Waals surface area contributed by atoms with Gasteiger partial charge in [0.05, 0.1) is 12.3 Å². The molecule has 3 rings (SSSR count). The monoisotopic (exact) mass is 260 g/mol. The maximum atomic E-state index is 5.70. The van der Waals surface area contributed by atoms with Gasteiger partial charge in [-0.2, -0.15) is 0 Å². The first-order chi connectivity index (χ1) is 9.28. The lowest BCUT2D eigenvalue weighted by atomic mass is 9.97. The Morgan fingerprint density at radius 1 is 1.21 bits per heavy atom. The van der Waals surface area contributed by atoms with Crippen molar-refractivity contribution in [2.75, 3.05) is 19.0 Å². The van der Waals surface area contributed by atoms with Gasteiger partial charge in [0.15, 0.2) is 0 Å². The number of hydrogen-bond acceptors (Lipinski definition) is 3. The van der Waals surface area contributed by atoms with Crippen molar-refractivity contribution in [3.05, 3.63) is 24.3 Å². The predicted molar refractivity (Wildman–Crippen MR) is 78.8 cm³/mol. The molecule has 0 aliphatic carbocycles. The van der Waals surface area contributed by atoms with Crippen molar-refractivity contribution in [2.24, 2.45) is 0 Å². The van der Waals surface area contributed by atoms with E-state index in [9.17, 15) is 0 Å². The number of rotatable bonds is 4. The van der Waals surface area contributed by atoms with Crippen LogP contribution < -0.4 is 10.1 Å². The number of fused-ring (bicyclic) bond motifs is 2. The molecule has 3 heteroatoms. The quantitative estimate of drug-likeness (QED) is 0.900. The standard InChI is InChI=1S/C16H24N2O/c1-3-19-16-7-5-4-6-15(16)17-12-10-13-8-9-14(11-12)18(13)2/h4-7,12-14,17H,3,8-11H2,1-2H3. The summed E-state index contributed by atoms with van der Waals surface area (Å²) in [5.41, 5.74) is 1.15. The van der Waals surface area contributed by atoms with Crippen LogP contribution in [-0.2, 0) is 0 Å². The zero-order chi connectivity index (χ0) is 13.2. The molecule has 1 aromatic carbocycles. The van der Waals surface area contributed by atoms with Gasteiger partial charge >= 0.3 is 0 Å². The average molecular weight is 260 g/mol. The Morgan fingerprint density at radius 2 is 1.89 bits per heavy atom. The molecule has 0 saturated carbocycles. The Labute approximate surface area is 115 Å². The van der Waals surface area contributed by atoms with Gasteiger partial charge in [-0.25, -0.2) is 0 Å². The van der Waals surface area contributed by atoms with E-state index in [1.54, 1.807) is 0 Å². The highest BCUT2D eigenvalue weighted by molar-refractivity contribution is 5.56. The summed E-state index contributed by atoms with van der Waals surface area (Å²) in [6, 6.07) is 10.4. The molecular weight excluding hydrogens is 236 g/mol. The van der Waals surface area contributed by atoms with E-state index in [-0.39, 0.29) is 0 Å². The molecule has 2 fully saturated rings. The van der Waals surface area contributed by atoms with Crippen molar-refractivity contribution < 1.29 is 4.74 Å². The Bertz CT molecular complexity index is 421. The number of piperidine rings is 1. The molecule has 3 nitrogen and oxygen atoms in total. The van der Waals surface area contributed by atoms with Crippen LogP contribution in [0, 0.1) is 0 Å². The third-order valence-corrected chi connectivity index (χ3v) is 4.64. The molecule has 104 valence electrons. The van der Waals surface area contributed by atoms with E-state index in [2.05, 4.69) is 35.5 Å². The van der Waals surface area contributed by atoms with Crippen molar-refractivity contribution in [3.63, 3.8) is 0 Å². The Morgan fingerprint density at radius 3 is 2.58 bits per heavy atom. The van der Waals surface area contributed by atoms with E-state index >= 15 is 0 Å². The number of ether oxygens (including phenoxy) is 1. The summed E-state index contributed by atoms with van der Waals surface area (Å²) in [6.45, 7) is 2.75. The van der Waals surface area contributed by atoms with Crippen molar-refractivity contribution in [1.82, 2.24) is 4.90 Å². The van der Waals surface area contributed by atoms with Gasteiger partial charge in [0.25, 0.3) is 0 Å². The maximum Gasteiger partial charge on any atom is 0.142 e. The van der Waals surface area contributed by atoms with Gasteiger partial charge < -0.3 is 15.0 Å². The summed E-state index contributed by atoms with van der Waals surface area (Å²) in [7, 11) is 2.28. The number of nitrogens with one attached hydrogen (secondary N) is 1. The molecule has 1 N–H and O–H groups in total. The van der Waals surface area contributed by atoms with Crippen LogP contribution in [-0.4, -0.2) is 36.7 Å². The zero-order valence-electron chi connectivity index (χ0n) is 11.9. The van der Waals surface area contributed by atoms with Crippen molar-refractivity contribution in [2.45, 2.75) is 50.7 Å². The fraction of sp³-hybridized carbons (Fsp3) is 0.625. The van der Waals surface area contributed by atoms with Crippen molar-refractivity contribution in [1.29, 1.82) is 0 Å². The van der Waals surface area contributed by atoms with Crippen LogP contribution in [0.5, 0.6) is 5.75 Å². The smallest absolute Gasteiger partial charge is 0.142 e. The molecule has 2 bridgehead atoms. The molecule has 19 heavy (non-hydrogen) atoms. The summed E-state index contributed by atoms with van der Waals surface area (Å²) in [4.78, 5) is 2.58. The summed E-state index contributed by atoms with van der Waals surface area (Å²) in [5.74, 6) is 0.983. The molecule has 0 spiro atoms. The fourth-order valence-electron chi connectivity index (χ4n) is 3.62. The normalized spacial score (nSPS) is 30.3. The highest BCUT2D eigenvalue weighted by Crippen LogP contribution is 2.36. The maximum absolute atomic E-state index is 5.70. The Kier molecular flexibility index (Phi) is 3.65. The van der Waals surface area contributed by atoms with Crippen LogP contribution in [0.25, 0.3) is 0 Å². The Balaban J connectivity index is 1.69. The lowest BCUT2D eigenvalue weighted by molar-refractivity contribution is 0.168. The second-order valence-electron chi connectivity index (χ2n) is 5.79. The lowest BCUT2D eigenvalue weighted by Gasteiger charge is -2.37. The molecule has 2 aliphatic heterocycles. The molecule has 2 aliphatic rings. The largest absolute Gasteiger partial charge is 0.492 e. The molecule has 0 radical (unpaired) electrons. The molecule has 2 heterocycles. The van der Waals surface area contributed by atoms with E-state index in [1.807, 2.05) is 13.0 Å². The van der Waals surface area contributed by atoms with Gasteiger partial charge in [-0.05, 0) is 51.8 Å². The number of hydrogen-bond donors (Lipinski definition) is 1. The summed E-state index contributed by atoms with van der Waals surface area (Å²) in [6.07, 6.45) is 5.25. The average Bonchev–Trinajstić information content (AvgIpc) is 2.64. The number of para-hydroxylation sites is 2. The van der Waals surface area contributed by atoms with Crippen LogP contribution >= 0.6 is 0 Å². The van der Waals surface area contributed by atoms with Gasteiger partial charge in [0.2, 0.25) is 0 Å². The molecule has 2 unspecified atom stereocenters. The number of benzene rings is 1. The minimum absolute atomic E-state index is 0.593. The second-order valence-corrected chi connectivity index (χ2v) is 5.79. The van der Waals surface area contributed by atoms with E-state index in [1.165, 1.54) is 25.7 Å². The Hall–Kier alpha value is -1.22. The first-order valence-corrected chi connectivity index (χ1v) is 7.48. The minimum atomic E-state index is 0.593. The van der Waals surface area contributed by atoms with E-state index < -0.39 is 0 Å². The van der Waals surface area contributed by atoms with Gasteiger partial charge in [-0.1, -0.05) is 12.1 Å². The first kappa shape index (κ1) is 12.8. The summed E-state index contributed by atoms with van der Waals surface area (Å²) >= 11 is 0. The SMILES string of the molecule is CCOc1ccccc1NC1CC2CCC(C1)N2C. The molecular formula is C16H24N2O. The van der Waals surface area contributed by atoms with Gasteiger partial charge in [0.1, 0.15) is 5.75 Å². The highest BCUT2D eigenvalue weighted by atomic mass is 16.5. The highest BCUT2D eigenvalue weighted by Gasteiger charge is 2.38. The summed E-state index contributed by atoms with van der Waals surface area (Å²) in [5, 5.41) is 3.70. The third-order valence-electron chi connectivity index (χ3n) is 4.64. The molecule has 1 aromatic rings. The number of nitrogens with zero attached hydrogens (tertiary/aromatic N) is 1. The van der Waals surface area contributed by atoms with Crippen LogP contribution in [0.4, 0.5) is 5.69 Å². The molecule has 2 saturated heterocycles. The zero-order valence-corrected chi connectivity index (χ0v) is 11.9. The van der Waals surface area contributed by atoms with Crippen molar-refractivity contribution >= 4 is 5.69 Å². The fourth-order valence-corrected chi connectivity index (χ4v) is 3.62. The summed E-state index contributed by atoms with van der Waals surface area (Å²) < 4.78 is 5.70. The van der Waals surface area contributed by atoms with Crippen molar-refractivity contribution in [3.8, 4) is 5.75 Å². The first-order valence-electron chi connectivity index (χ1n) is 7.48. The van der Waals surface area contributed by atoms with Gasteiger partial charge in [-0.3, -0.25) is 0 Å². The molecule has 0 amide bonds. The van der Waals surface area contributed by atoms with Crippen LogP contribution in [0.2, 0.25) is 0 Å². The van der Waals surface area contributed by atoms with Gasteiger partial charge in [-0.15, -0.1) is 0 Å². The topological polar surface area (TPSA) is 24.5 Å². The van der Waals surface area contributed by atoms with Gasteiger partial charge in [0, 0.05) is 18.1 Å². The van der Waals surface area contributed by atoms with Crippen LogP contribution in [0.3, 0.4) is 0 Å².